The van der Waals surface area contributed by atoms with Gasteiger partial charge in [-0.05, 0) is 29.7 Å². The van der Waals surface area contributed by atoms with Crippen molar-refractivity contribution < 1.29 is 24.2 Å². The molecule has 0 radical (unpaired) electrons. The Hall–Kier alpha value is -3.47. The summed E-state index contributed by atoms with van der Waals surface area (Å²) in [6.07, 6.45) is -0.532. The average Bonchev–Trinajstić information content (AvgIpc) is 2.78. The van der Waals surface area contributed by atoms with Crippen molar-refractivity contribution in [3.8, 4) is 0 Å². The van der Waals surface area contributed by atoms with Crippen molar-refractivity contribution in [3.05, 3.63) is 83.9 Å². The first kappa shape index (κ1) is 22.2. The van der Waals surface area contributed by atoms with Crippen LogP contribution < -0.4 is 0 Å². The summed E-state index contributed by atoms with van der Waals surface area (Å²) in [5.41, 5.74) is -0.981. The Morgan fingerprint density at radius 1 is 0.935 bits per heavy atom. The number of aliphatic carboxylic acids is 1. The van der Waals surface area contributed by atoms with E-state index >= 15 is 0 Å². The van der Waals surface area contributed by atoms with Gasteiger partial charge in [0.15, 0.2) is 11.2 Å². The van der Waals surface area contributed by atoms with Crippen molar-refractivity contribution in [1.82, 2.24) is 0 Å². The van der Waals surface area contributed by atoms with Crippen molar-refractivity contribution >= 4 is 28.5 Å². The number of hydrogen-bond acceptors (Lipinski definition) is 4. The molecule has 2 atom stereocenters. The van der Waals surface area contributed by atoms with Crippen molar-refractivity contribution in [2.24, 2.45) is 5.41 Å². The SMILES string of the molecule is CCC(C)OC(=O)C(CC(=O)c1ccccc1)(Cc1cccc2ccccc12)C(=O)O. The number of ether oxygens (including phenoxy) is 1. The molecule has 2 unspecified atom stereocenters. The minimum absolute atomic E-state index is 0.141. The topological polar surface area (TPSA) is 80.7 Å². The Morgan fingerprint density at radius 3 is 2.26 bits per heavy atom. The second-order valence-corrected chi connectivity index (χ2v) is 7.79. The molecule has 0 heterocycles. The van der Waals surface area contributed by atoms with E-state index in [4.69, 9.17) is 4.74 Å². The molecule has 0 aromatic heterocycles. The zero-order valence-electron chi connectivity index (χ0n) is 17.7. The van der Waals surface area contributed by atoms with Gasteiger partial charge in [0.1, 0.15) is 0 Å². The Balaban J connectivity index is 2.08. The first-order valence-corrected chi connectivity index (χ1v) is 10.4. The molecule has 5 heteroatoms. The molecule has 0 aliphatic carbocycles. The summed E-state index contributed by atoms with van der Waals surface area (Å²) in [4.78, 5) is 38.8. The van der Waals surface area contributed by atoms with Gasteiger partial charge in [-0.15, -0.1) is 0 Å². The summed E-state index contributed by atoms with van der Waals surface area (Å²) in [5.74, 6) is -2.66. The second kappa shape index (κ2) is 9.56. The largest absolute Gasteiger partial charge is 0.480 e. The molecule has 0 fully saturated rings. The summed E-state index contributed by atoms with van der Waals surface area (Å²) in [5, 5.41) is 12.0. The van der Waals surface area contributed by atoms with Crippen LogP contribution in [-0.2, 0) is 20.7 Å². The number of hydrogen-bond donors (Lipinski definition) is 1. The Bertz CT molecular complexity index is 1080. The molecule has 0 bridgehead atoms. The van der Waals surface area contributed by atoms with Crippen LogP contribution in [0.1, 0.15) is 42.6 Å². The van der Waals surface area contributed by atoms with E-state index in [1.54, 1.807) is 43.3 Å². The van der Waals surface area contributed by atoms with Gasteiger partial charge in [-0.2, -0.15) is 0 Å². The molecule has 0 saturated carbocycles. The lowest BCUT2D eigenvalue weighted by Crippen LogP contribution is -2.45. The van der Waals surface area contributed by atoms with Gasteiger partial charge in [0.25, 0.3) is 0 Å². The molecular weight excluding hydrogens is 392 g/mol. The predicted molar refractivity (Wildman–Crippen MR) is 119 cm³/mol. The van der Waals surface area contributed by atoms with Gasteiger partial charge < -0.3 is 9.84 Å². The third-order valence-electron chi connectivity index (χ3n) is 5.61. The number of fused-ring (bicyclic) bond motifs is 1. The van der Waals surface area contributed by atoms with E-state index in [9.17, 15) is 19.5 Å². The van der Waals surface area contributed by atoms with Crippen LogP contribution in [0.15, 0.2) is 72.8 Å². The Labute approximate surface area is 181 Å². The number of benzene rings is 3. The van der Waals surface area contributed by atoms with Crippen LogP contribution in [0.2, 0.25) is 0 Å². The van der Waals surface area contributed by atoms with E-state index in [0.717, 1.165) is 10.8 Å². The number of carboxylic acid groups (broad SMARTS) is 1. The van der Waals surface area contributed by atoms with Crippen molar-refractivity contribution in [2.75, 3.05) is 0 Å². The van der Waals surface area contributed by atoms with E-state index in [0.29, 0.717) is 17.5 Å². The van der Waals surface area contributed by atoms with Crippen LogP contribution in [0.3, 0.4) is 0 Å². The third-order valence-corrected chi connectivity index (χ3v) is 5.61. The molecule has 0 aliphatic heterocycles. The van der Waals surface area contributed by atoms with Crippen LogP contribution in [0.5, 0.6) is 0 Å². The number of carbonyl (C=O) groups excluding carboxylic acids is 2. The Morgan fingerprint density at radius 2 is 1.58 bits per heavy atom. The highest BCUT2D eigenvalue weighted by molar-refractivity contribution is 6.07. The molecule has 0 spiro atoms. The minimum Gasteiger partial charge on any atom is -0.480 e. The van der Waals surface area contributed by atoms with Gasteiger partial charge in [0, 0.05) is 18.4 Å². The fourth-order valence-corrected chi connectivity index (χ4v) is 3.60. The minimum atomic E-state index is -2.03. The molecule has 5 nitrogen and oxygen atoms in total. The Kier molecular flexibility index (Phi) is 6.85. The first-order valence-electron chi connectivity index (χ1n) is 10.4. The number of carbonyl (C=O) groups is 3. The van der Waals surface area contributed by atoms with E-state index < -0.39 is 35.7 Å². The first-order chi connectivity index (χ1) is 14.9. The molecule has 3 aromatic rings. The highest BCUT2D eigenvalue weighted by atomic mass is 16.5. The smallest absolute Gasteiger partial charge is 0.324 e. The fraction of sp³-hybridized carbons (Fsp3) is 0.269. The van der Waals surface area contributed by atoms with Crippen molar-refractivity contribution in [1.29, 1.82) is 0 Å². The van der Waals surface area contributed by atoms with Gasteiger partial charge in [-0.25, -0.2) is 0 Å². The van der Waals surface area contributed by atoms with Crippen LogP contribution >= 0.6 is 0 Å². The highest BCUT2D eigenvalue weighted by Crippen LogP contribution is 2.34. The van der Waals surface area contributed by atoms with Gasteiger partial charge in [0.2, 0.25) is 0 Å². The third kappa shape index (κ3) is 4.82. The monoisotopic (exact) mass is 418 g/mol. The molecule has 3 rings (SSSR count). The zero-order chi connectivity index (χ0) is 22.4. The van der Waals surface area contributed by atoms with E-state index in [2.05, 4.69) is 0 Å². The normalized spacial score (nSPS) is 13.9. The lowest BCUT2D eigenvalue weighted by molar-refractivity contribution is -0.172. The highest BCUT2D eigenvalue weighted by Gasteiger charge is 2.50. The summed E-state index contributed by atoms with van der Waals surface area (Å²) in [7, 11) is 0. The van der Waals surface area contributed by atoms with Gasteiger partial charge >= 0.3 is 11.9 Å². The molecule has 160 valence electrons. The van der Waals surface area contributed by atoms with Gasteiger partial charge in [-0.3, -0.25) is 14.4 Å². The number of ketones is 1. The molecule has 0 amide bonds. The molecule has 3 aromatic carbocycles. The molecular formula is C26H26O5. The maximum absolute atomic E-state index is 13.2. The van der Waals surface area contributed by atoms with Crippen LogP contribution in [0.4, 0.5) is 0 Å². The van der Waals surface area contributed by atoms with Crippen LogP contribution in [-0.4, -0.2) is 28.9 Å². The van der Waals surface area contributed by atoms with Gasteiger partial charge in [0.05, 0.1) is 6.10 Å². The zero-order valence-corrected chi connectivity index (χ0v) is 17.7. The molecule has 0 saturated heterocycles. The van der Waals surface area contributed by atoms with E-state index in [1.165, 1.54) is 0 Å². The van der Waals surface area contributed by atoms with Crippen molar-refractivity contribution in [2.45, 2.75) is 39.2 Å². The second-order valence-electron chi connectivity index (χ2n) is 7.79. The molecule has 1 N–H and O–H groups in total. The maximum Gasteiger partial charge on any atom is 0.324 e. The number of esters is 1. The quantitative estimate of drug-likeness (QED) is 0.298. The average molecular weight is 418 g/mol. The fourth-order valence-electron chi connectivity index (χ4n) is 3.60. The number of Topliss-reactive ketones (excluding diaryl/α,β-unsaturated/α-hetero) is 1. The van der Waals surface area contributed by atoms with E-state index in [-0.39, 0.29) is 6.42 Å². The predicted octanol–water partition coefficient (Wildman–Crippen LogP) is 5.07. The van der Waals surface area contributed by atoms with Gasteiger partial charge in [-0.1, -0.05) is 79.7 Å². The summed E-state index contributed by atoms with van der Waals surface area (Å²) < 4.78 is 5.48. The number of rotatable bonds is 9. The lowest BCUT2D eigenvalue weighted by atomic mass is 9.75. The standard InChI is InChI=1S/C26H26O5/c1-3-18(2)31-25(30)26(24(28)29,17-23(27)20-11-5-4-6-12-20)16-21-14-9-13-19-10-7-8-15-22(19)21/h4-15,18H,3,16-17H2,1-2H3,(H,28,29). The van der Waals surface area contributed by atoms with Crippen LogP contribution in [0.25, 0.3) is 10.8 Å². The van der Waals surface area contributed by atoms with Crippen LogP contribution in [0, 0.1) is 5.41 Å². The summed E-state index contributed by atoms with van der Waals surface area (Å²) >= 11 is 0. The summed E-state index contributed by atoms with van der Waals surface area (Å²) in [6.45, 7) is 3.56. The molecule has 31 heavy (non-hydrogen) atoms. The molecule has 0 aliphatic rings. The van der Waals surface area contributed by atoms with Crippen molar-refractivity contribution in [3.63, 3.8) is 0 Å². The van der Waals surface area contributed by atoms with E-state index in [1.807, 2.05) is 43.3 Å². The maximum atomic E-state index is 13.2. The number of carboxylic acids is 1. The summed E-state index contributed by atoms with van der Waals surface area (Å²) in [6, 6.07) is 21.5. The lowest BCUT2D eigenvalue weighted by Gasteiger charge is -2.29.